The second-order valence-electron chi connectivity index (χ2n) is 6.47. The second kappa shape index (κ2) is 6.61. The van der Waals surface area contributed by atoms with Crippen molar-refractivity contribution >= 4 is 5.91 Å². The van der Waals surface area contributed by atoms with Crippen LogP contribution in [0.1, 0.15) is 50.2 Å². The van der Waals surface area contributed by atoms with Gasteiger partial charge in [-0.3, -0.25) is 4.79 Å². The Morgan fingerprint density at radius 2 is 2.00 bits per heavy atom. The number of carbonyl (C=O) groups excluding carboxylic acids is 1. The highest BCUT2D eigenvalue weighted by molar-refractivity contribution is 5.82. The van der Waals surface area contributed by atoms with Gasteiger partial charge < -0.3 is 10.6 Å². The Balaban J connectivity index is 1.61. The Hall–Kier alpha value is -1.35. The Bertz CT molecular complexity index is 500. The molecule has 1 aromatic rings. The Morgan fingerprint density at radius 3 is 2.81 bits per heavy atom. The molecular weight excluding hydrogens is 260 g/mol. The predicted octanol–water partition coefficient (Wildman–Crippen LogP) is 2.79. The molecule has 0 bridgehead atoms. The van der Waals surface area contributed by atoms with Gasteiger partial charge in [-0.25, -0.2) is 0 Å². The SMILES string of the molecule is CCC1CCCCC1NC(=O)[C@H]1Cc2ccccc2CN1. The minimum atomic E-state index is -0.0701. The van der Waals surface area contributed by atoms with E-state index in [0.29, 0.717) is 12.0 Å². The maximum atomic E-state index is 12.6. The molecule has 3 rings (SSSR count). The molecule has 0 radical (unpaired) electrons. The minimum absolute atomic E-state index is 0.0701. The summed E-state index contributed by atoms with van der Waals surface area (Å²) in [5.41, 5.74) is 2.64. The van der Waals surface area contributed by atoms with Crippen LogP contribution in [0, 0.1) is 5.92 Å². The molecule has 0 aromatic heterocycles. The van der Waals surface area contributed by atoms with Gasteiger partial charge in [-0.05, 0) is 36.3 Å². The first-order chi connectivity index (χ1) is 10.3. The third-order valence-electron chi connectivity index (χ3n) is 5.16. The van der Waals surface area contributed by atoms with Crippen molar-refractivity contribution in [3.8, 4) is 0 Å². The molecule has 1 fully saturated rings. The average molecular weight is 286 g/mol. The molecular formula is C18H26N2O. The molecule has 1 heterocycles. The lowest BCUT2D eigenvalue weighted by Crippen LogP contribution is -2.52. The number of nitrogens with one attached hydrogen (secondary N) is 2. The second-order valence-corrected chi connectivity index (χ2v) is 6.47. The summed E-state index contributed by atoms with van der Waals surface area (Å²) in [5, 5.41) is 6.70. The maximum Gasteiger partial charge on any atom is 0.237 e. The van der Waals surface area contributed by atoms with Gasteiger partial charge in [0, 0.05) is 12.6 Å². The van der Waals surface area contributed by atoms with Gasteiger partial charge in [-0.1, -0.05) is 50.5 Å². The van der Waals surface area contributed by atoms with Crippen molar-refractivity contribution in [2.75, 3.05) is 0 Å². The summed E-state index contributed by atoms with van der Waals surface area (Å²) in [6.07, 6.45) is 6.97. The van der Waals surface area contributed by atoms with Gasteiger partial charge in [-0.15, -0.1) is 0 Å². The van der Waals surface area contributed by atoms with Crippen LogP contribution >= 0.6 is 0 Å². The van der Waals surface area contributed by atoms with Crippen molar-refractivity contribution in [2.45, 2.75) is 64.1 Å². The van der Waals surface area contributed by atoms with Crippen molar-refractivity contribution in [3.05, 3.63) is 35.4 Å². The minimum Gasteiger partial charge on any atom is -0.352 e. The van der Waals surface area contributed by atoms with Crippen molar-refractivity contribution in [1.82, 2.24) is 10.6 Å². The Morgan fingerprint density at radius 1 is 1.24 bits per heavy atom. The van der Waals surface area contributed by atoms with Gasteiger partial charge in [0.25, 0.3) is 0 Å². The number of benzene rings is 1. The van der Waals surface area contributed by atoms with Crippen molar-refractivity contribution < 1.29 is 4.79 Å². The average Bonchev–Trinajstić information content (AvgIpc) is 2.55. The molecule has 114 valence electrons. The quantitative estimate of drug-likeness (QED) is 0.897. The molecule has 2 aliphatic rings. The van der Waals surface area contributed by atoms with Crippen molar-refractivity contribution in [3.63, 3.8) is 0 Å². The Kier molecular flexibility index (Phi) is 4.59. The highest BCUT2D eigenvalue weighted by Gasteiger charge is 2.29. The van der Waals surface area contributed by atoms with E-state index >= 15 is 0 Å². The van der Waals surface area contributed by atoms with Crippen LogP contribution in [0.4, 0.5) is 0 Å². The van der Waals surface area contributed by atoms with E-state index in [1.54, 1.807) is 0 Å². The topological polar surface area (TPSA) is 41.1 Å². The highest BCUT2D eigenvalue weighted by Crippen LogP contribution is 2.27. The number of carbonyl (C=O) groups is 1. The Labute approximate surface area is 127 Å². The van der Waals surface area contributed by atoms with Crippen LogP contribution in [0.5, 0.6) is 0 Å². The number of amides is 1. The van der Waals surface area contributed by atoms with E-state index in [-0.39, 0.29) is 11.9 Å². The predicted molar refractivity (Wildman–Crippen MR) is 85.0 cm³/mol. The zero-order valence-corrected chi connectivity index (χ0v) is 12.9. The van der Waals surface area contributed by atoms with E-state index < -0.39 is 0 Å². The van der Waals surface area contributed by atoms with E-state index in [1.165, 1.54) is 36.8 Å². The molecule has 2 N–H and O–H groups in total. The summed E-state index contributed by atoms with van der Waals surface area (Å²) in [4.78, 5) is 12.6. The van der Waals surface area contributed by atoms with Crippen molar-refractivity contribution in [1.29, 1.82) is 0 Å². The molecule has 21 heavy (non-hydrogen) atoms. The number of hydrogen-bond donors (Lipinski definition) is 2. The summed E-state index contributed by atoms with van der Waals surface area (Å²) in [6, 6.07) is 8.73. The van der Waals surface area contributed by atoms with Gasteiger partial charge in [0.2, 0.25) is 5.91 Å². The summed E-state index contributed by atoms with van der Waals surface area (Å²) >= 11 is 0. The molecule has 1 aromatic carbocycles. The number of fused-ring (bicyclic) bond motifs is 1. The first kappa shape index (κ1) is 14.6. The molecule has 1 amide bonds. The van der Waals surface area contributed by atoms with Crippen LogP contribution in [0.25, 0.3) is 0 Å². The van der Waals surface area contributed by atoms with Crippen LogP contribution in [-0.2, 0) is 17.8 Å². The number of hydrogen-bond acceptors (Lipinski definition) is 2. The van der Waals surface area contributed by atoms with Gasteiger partial charge in [0.1, 0.15) is 0 Å². The van der Waals surface area contributed by atoms with E-state index in [2.05, 4.69) is 41.8 Å². The van der Waals surface area contributed by atoms with E-state index in [1.807, 2.05) is 0 Å². The maximum absolute atomic E-state index is 12.6. The lowest BCUT2D eigenvalue weighted by Gasteiger charge is -2.33. The largest absolute Gasteiger partial charge is 0.352 e. The summed E-state index contributed by atoms with van der Waals surface area (Å²) in [7, 11) is 0. The third kappa shape index (κ3) is 3.29. The summed E-state index contributed by atoms with van der Waals surface area (Å²) in [6.45, 7) is 3.04. The normalized spacial score (nSPS) is 28.7. The molecule has 1 saturated carbocycles. The highest BCUT2D eigenvalue weighted by atomic mass is 16.2. The molecule has 3 heteroatoms. The number of rotatable bonds is 3. The van der Waals surface area contributed by atoms with Gasteiger partial charge in [-0.2, -0.15) is 0 Å². The van der Waals surface area contributed by atoms with Gasteiger partial charge >= 0.3 is 0 Å². The molecule has 3 atom stereocenters. The van der Waals surface area contributed by atoms with E-state index in [9.17, 15) is 4.79 Å². The van der Waals surface area contributed by atoms with Gasteiger partial charge in [0.15, 0.2) is 0 Å². The molecule has 0 spiro atoms. The monoisotopic (exact) mass is 286 g/mol. The fourth-order valence-corrected chi connectivity index (χ4v) is 3.81. The third-order valence-corrected chi connectivity index (χ3v) is 5.16. The van der Waals surface area contributed by atoms with Gasteiger partial charge in [0.05, 0.1) is 6.04 Å². The molecule has 3 nitrogen and oxygen atoms in total. The lowest BCUT2D eigenvalue weighted by atomic mass is 9.82. The van der Waals surface area contributed by atoms with Crippen LogP contribution in [0.3, 0.4) is 0 Å². The zero-order valence-electron chi connectivity index (χ0n) is 12.9. The van der Waals surface area contributed by atoms with Crippen molar-refractivity contribution in [2.24, 2.45) is 5.92 Å². The molecule has 0 saturated heterocycles. The molecule has 2 unspecified atom stereocenters. The molecule has 1 aliphatic heterocycles. The standard InChI is InChI=1S/C18H26N2O/c1-2-13-7-5-6-10-16(13)20-18(21)17-11-14-8-3-4-9-15(14)12-19-17/h3-4,8-9,13,16-17,19H,2,5-7,10-12H2,1H3,(H,20,21)/t13?,16?,17-/m1/s1. The van der Waals surface area contributed by atoms with E-state index in [0.717, 1.165) is 19.4 Å². The fourth-order valence-electron chi connectivity index (χ4n) is 3.81. The fraction of sp³-hybridized carbons (Fsp3) is 0.611. The summed E-state index contributed by atoms with van der Waals surface area (Å²) in [5.74, 6) is 0.855. The summed E-state index contributed by atoms with van der Waals surface area (Å²) < 4.78 is 0. The first-order valence-corrected chi connectivity index (χ1v) is 8.38. The first-order valence-electron chi connectivity index (χ1n) is 8.38. The van der Waals surface area contributed by atoms with E-state index in [4.69, 9.17) is 0 Å². The molecule has 1 aliphatic carbocycles. The lowest BCUT2D eigenvalue weighted by molar-refractivity contribution is -0.124. The zero-order chi connectivity index (χ0) is 14.7. The smallest absolute Gasteiger partial charge is 0.237 e. The van der Waals surface area contributed by atoms with Crippen LogP contribution in [0.2, 0.25) is 0 Å². The van der Waals surface area contributed by atoms with Crippen LogP contribution < -0.4 is 10.6 Å². The van der Waals surface area contributed by atoms with Crippen LogP contribution in [0.15, 0.2) is 24.3 Å². The van der Waals surface area contributed by atoms with Crippen LogP contribution in [-0.4, -0.2) is 18.0 Å².